The number of fused-ring (bicyclic) bond motifs is 3. The van der Waals surface area contributed by atoms with Crippen LogP contribution in [0, 0.1) is 29.1 Å². The monoisotopic (exact) mass is 382 g/mol. The van der Waals surface area contributed by atoms with E-state index in [1.807, 2.05) is 43.5 Å². The van der Waals surface area contributed by atoms with E-state index in [1.54, 1.807) is 6.20 Å². The molecule has 1 saturated carbocycles. The first-order valence-corrected chi connectivity index (χ1v) is 10.1. The second-order valence-electron chi connectivity index (χ2n) is 8.23. The highest BCUT2D eigenvalue weighted by atomic mass is 16.1. The average molecular weight is 382 g/mol. The van der Waals surface area contributed by atoms with Gasteiger partial charge >= 0.3 is 0 Å². The second kappa shape index (κ2) is 6.66. The Labute approximate surface area is 169 Å². The third-order valence-electron chi connectivity index (χ3n) is 6.94. The lowest BCUT2D eigenvalue weighted by Gasteiger charge is -2.50. The van der Waals surface area contributed by atoms with Crippen molar-refractivity contribution in [1.29, 1.82) is 5.26 Å². The Morgan fingerprint density at radius 1 is 1.21 bits per heavy atom. The summed E-state index contributed by atoms with van der Waals surface area (Å²) in [5, 5.41) is 17.8. The van der Waals surface area contributed by atoms with E-state index in [0.29, 0.717) is 6.42 Å². The number of carbonyl (C=O) groups is 1. The summed E-state index contributed by atoms with van der Waals surface area (Å²) in [6, 6.07) is 16.6. The van der Waals surface area contributed by atoms with E-state index in [9.17, 15) is 10.1 Å². The van der Waals surface area contributed by atoms with Crippen LogP contribution in [0.25, 0.3) is 11.3 Å². The quantitative estimate of drug-likeness (QED) is 0.724. The molecule has 2 heterocycles. The third kappa shape index (κ3) is 2.49. The van der Waals surface area contributed by atoms with Crippen LogP contribution in [0.1, 0.15) is 36.6 Å². The standard InChI is InChI=1S/C24H22N4O/c1-15-20-10-9-19-21(16-6-5-11-26-14-16)27-28-23(19)24(20,12-17(13-25)22(15)29)18-7-3-2-4-8-18/h2-8,11,14-15,17,20H,9-10,12H2,1H3,(H,27,28)/t15-,17?,20?,24-/m0/s1. The van der Waals surface area contributed by atoms with Crippen LogP contribution in [0.15, 0.2) is 54.9 Å². The molecule has 5 rings (SSSR count). The van der Waals surface area contributed by atoms with Gasteiger partial charge in [-0.15, -0.1) is 0 Å². The largest absolute Gasteiger partial charge is 0.298 e. The van der Waals surface area contributed by atoms with E-state index in [1.165, 1.54) is 5.56 Å². The Balaban J connectivity index is 1.76. The van der Waals surface area contributed by atoms with Crippen molar-refractivity contribution in [2.75, 3.05) is 0 Å². The summed E-state index contributed by atoms with van der Waals surface area (Å²) >= 11 is 0. The van der Waals surface area contributed by atoms with Crippen molar-refractivity contribution in [1.82, 2.24) is 15.2 Å². The number of benzene rings is 1. The van der Waals surface area contributed by atoms with E-state index in [4.69, 9.17) is 5.10 Å². The number of aromatic nitrogens is 3. The minimum Gasteiger partial charge on any atom is -0.298 e. The first-order chi connectivity index (χ1) is 14.2. The van der Waals surface area contributed by atoms with Crippen LogP contribution in [0.3, 0.4) is 0 Å². The molecule has 1 fully saturated rings. The number of ketones is 1. The molecule has 2 aliphatic rings. The number of rotatable bonds is 2. The molecule has 0 radical (unpaired) electrons. The fourth-order valence-corrected chi connectivity index (χ4v) is 5.63. The van der Waals surface area contributed by atoms with Crippen LogP contribution in [0.4, 0.5) is 0 Å². The van der Waals surface area contributed by atoms with Gasteiger partial charge in [0.15, 0.2) is 5.78 Å². The highest BCUT2D eigenvalue weighted by Gasteiger charge is 2.56. The number of nitrogens with zero attached hydrogens (tertiary/aromatic N) is 3. The fourth-order valence-electron chi connectivity index (χ4n) is 5.63. The Bertz CT molecular complexity index is 1100. The van der Waals surface area contributed by atoms with Gasteiger partial charge < -0.3 is 0 Å². The van der Waals surface area contributed by atoms with Crippen molar-refractivity contribution in [3.63, 3.8) is 0 Å². The summed E-state index contributed by atoms with van der Waals surface area (Å²) in [7, 11) is 0. The smallest absolute Gasteiger partial charge is 0.153 e. The summed E-state index contributed by atoms with van der Waals surface area (Å²) in [6.07, 6.45) is 5.87. The van der Waals surface area contributed by atoms with E-state index >= 15 is 0 Å². The van der Waals surface area contributed by atoms with Crippen molar-refractivity contribution in [3.8, 4) is 17.3 Å². The van der Waals surface area contributed by atoms with Crippen LogP contribution in [0.5, 0.6) is 0 Å². The summed E-state index contributed by atoms with van der Waals surface area (Å²) in [6.45, 7) is 1.99. The third-order valence-corrected chi connectivity index (χ3v) is 6.94. The summed E-state index contributed by atoms with van der Waals surface area (Å²) < 4.78 is 0. The first kappa shape index (κ1) is 17.8. The number of pyridine rings is 1. The molecular weight excluding hydrogens is 360 g/mol. The molecule has 2 aromatic heterocycles. The lowest BCUT2D eigenvalue weighted by Crippen LogP contribution is -2.52. The predicted octanol–water partition coefficient (Wildman–Crippen LogP) is 4.07. The number of H-pyrrole nitrogens is 1. The number of nitrogens with one attached hydrogen (secondary N) is 1. The Hall–Kier alpha value is -3.26. The maximum atomic E-state index is 12.9. The lowest BCUT2D eigenvalue weighted by molar-refractivity contribution is -0.131. The zero-order valence-electron chi connectivity index (χ0n) is 16.3. The second-order valence-corrected chi connectivity index (χ2v) is 8.23. The van der Waals surface area contributed by atoms with Crippen LogP contribution in [-0.2, 0) is 16.6 Å². The highest BCUT2D eigenvalue weighted by molar-refractivity contribution is 5.87. The summed E-state index contributed by atoms with van der Waals surface area (Å²) in [5.74, 6) is -0.554. The van der Waals surface area contributed by atoms with Gasteiger partial charge in [0.1, 0.15) is 5.92 Å². The molecule has 29 heavy (non-hydrogen) atoms. The van der Waals surface area contributed by atoms with Crippen LogP contribution >= 0.6 is 0 Å². The van der Waals surface area contributed by atoms with E-state index in [-0.39, 0.29) is 17.6 Å². The van der Waals surface area contributed by atoms with E-state index < -0.39 is 11.3 Å². The van der Waals surface area contributed by atoms with Crippen molar-refractivity contribution >= 4 is 5.78 Å². The van der Waals surface area contributed by atoms with Gasteiger partial charge in [0.2, 0.25) is 0 Å². The minimum absolute atomic E-state index is 0.0792. The summed E-state index contributed by atoms with van der Waals surface area (Å²) in [5.41, 5.74) is 4.92. The van der Waals surface area contributed by atoms with Gasteiger partial charge in [-0.25, -0.2) is 0 Å². The van der Waals surface area contributed by atoms with Crippen molar-refractivity contribution < 1.29 is 4.79 Å². The molecule has 5 heteroatoms. The molecule has 2 aliphatic carbocycles. The van der Waals surface area contributed by atoms with Gasteiger partial charge in [0, 0.05) is 34.9 Å². The molecule has 0 amide bonds. The number of aromatic amines is 1. The SMILES string of the molecule is C[C@@H]1C(=O)C(C#N)C[C@@]2(c3ccccc3)c3n[nH]c(-c4cccnc4)c3CCC12. The maximum Gasteiger partial charge on any atom is 0.153 e. The molecule has 4 atom stereocenters. The maximum absolute atomic E-state index is 12.9. The van der Waals surface area contributed by atoms with Gasteiger partial charge in [-0.1, -0.05) is 37.3 Å². The normalized spacial score (nSPS) is 28.3. The molecule has 5 nitrogen and oxygen atoms in total. The van der Waals surface area contributed by atoms with Crippen LogP contribution in [-0.4, -0.2) is 21.0 Å². The molecule has 3 aromatic rings. The van der Waals surface area contributed by atoms with Crippen LogP contribution < -0.4 is 0 Å². The van der Waals surface area contributed by atoms with Crippen molar-refractivity contribution in [2.45, 2.75) is 31.6 Å². The number of nitriles is 1. The molecule has 0 bridgehead atoms. The topological polar surface area (TPSA) is 82.4 Å². The highest BCUT2D eigenvalue weighted by Crippen LogP contribution is 2.56. The summed E-state index contributed by atoms with van der Waals surface area (Å²) in [4.78, 5) is 17.1. The van der Waals surface area contributed by atoms with E-state index in [2.05, 4.69) is 28.3 Å². The van der Waals surface area contributed by atoms with E-state index in [0.717, 1.165) is 35.4 Å². The molecule has 1 N–H and O–H groups in total. The molecule has 0 spiro atoms. The molecule has 0 aliphatic heterocycles. The number of carbonyl (C=O) groups excluding carboxylic acids is 1. The van der Waals surface area contributed by atoms with Gasteiger partial charge in [0.25, 0.3) is 0 Å². The molecule has 144 valence electrons. The Morgan fingerprint density at radius 3 is 2.76 bits per heavy atom. The first-order valence-electron chi connectivity index (χ1n) is 10.1. The zero-order valence-corrected chi connectivity index (χ0v) is 16.3. The minimum atomic E-state index is -0.606. The fraction of sp³-hybridized carbons (Fsp3) is 0.333. The molecule has 2 unspecified atom stereocenters. The van der Waals surface area contributed by atoms with Crippen molar-refractivity contribution in [2.24, 2.45) is 17.8 Å². The average Bonchev–Trinajstić information content (AvgIpc) is 3.22. The number of hydrogen-bond acceptors (Lipinski definition) is 4. The predicted molar refractivity (Wildman–Crippen MR) is 109 cm³/mol. The van der Waals surface area contributed by atoms with Gasteiger partial charge in [-0.2, -0.15) is 10.4 Å². The molecular formula is C24H22N4O. The molecule has 1 aromatic carbocycles. The zero-order chi connectivity index (χ0) is 20.0. The van der Waals surface area contributed by atoms with Crippen molar-refractivity contribution in [3.05, 3.63) is 71.7 Å². The number of Topliss-reactive ketones (excluding diaryl/α,β-unsaturated/α-hetero) is 1. The number of hydrogen-bond donors (Lipinski definition) is 1. The lowest BCUT2D eigenvalue weighted by atomic mass is 9.51. The Morgan fingerprint density at radius 2 is 2.03 bits per heavy atom. The van der Waals surface area contributed by atoms with Gasteiger partial charge in [-0.3, -0.25) is 14.9 Å². The molecule has 0 saturated heterocycles. The van der Waals surface area contributed by atoms with Crippen LogP contribution in [0.2, 0.25) is 0 Å². The Kier molecular flexibility index (Phi) is 4.09. The van der Waals surface area contributed by atoms with Gasteiger partial charge in [0.05, 0.1) is 17.5 Å². The van der Waals surface area contributed by atoms with Gasteiger partial charge in [-0.05, 0) is 42.9 Å².